The van der Waals surface area contributed by atoms with E-state index in [-0.39, 0.29) is 17.7 Å². The number of anilines is 1. The number of nitrogens with two attached hydrogens (primary N) is 1. The number of aliphatic hydroxyl groups is 1. The van der Waals surface area contributed by atoms with Gasteiger partial charge in [-0.25, -0.2) is 0 Å². The monoisotopic (exact) mass is 547 g/mol. The highest BCUT2D eigenvalue weighted by molar-refractivity contribution is 6.32. The van der Waals surface area contributed by atoms with Crippen LogP contribution in [0.5, 0.6) is 5.75 Å². The molecule has 2 unspecified atom stereocenters. The second-order valence-electron chi connectivity index (χ2n) is 11.6. The zero-order chi connectivity index (χ0) is 29.4. The molecular weight excluding hydrogens is 514 g/mol. The number of Topliss-reactive ketones (excluding diaryl/α,β-unsaturated/α-hetero) is 4. The molecule has 1 amide bonds. The van der Waals surface area contributed by atoms with Gasteiger partial charge in [-0.15, -0.1) is 0 Å². The molecule has 3 aliphatic carbocycles. The van der Waals surface area contributed by atoms with Crippen molar-refractivity contribution in [2.75, 3.05) is 33.1 Å². The second kappa shape index (κ2) is 9.35. The highest BCUT2D eigenvalue weighted by Gasteiger charge is 2.70. The molecule has 0 spiro atoms. The minimum absolute atomic E-state index is 0.000272. The van der Waals surface area contributed by atoms with E-state index in [2.05, 4.69) is 0 Å². The van der Waals surface area contributed by atoms with Gasteiger partial charge in [0.2, 0.25) is 5.91 Å². The normalized spacial score (nSPS) is 31.5. The molecule has 4 N–H and O–H groups in total. The molecular formula is C30H33N3O7. The Bertz CT molecular complexity index is 1460. The zero-order valence-electron chi connectivity index (χ0n) is 23.0. The highest BCUT2D eigenvalue weighted by Crippen LogP contribution is 2.55. The van der Waals surface area contributed by atoms with Crippen molar-refractivity contribution < 1.29 is 34.2 Å². The number of hydrogen-bond acceptors (Lipinski definition) is 9. The summed E-state index contributed by atoms with van der Waals surface area (Å²) in [4.78, 5) is 70.3. The van der Waals surface area contributed by atoms with E-state index < -0.39 is 70.3 Å². The molecule has 210 valence electrons. The fraction of sp³-hybridized carbons (Fsp3) is 0.433. The standard InChI is InChI=1S/C30H33N3O7/c1-13-17-12-18-24(33(4)5)26(36)23(29(31)39)28(38)30(18,40)27(37)21(17)25(35)22-19(34)11-10-16(20(13)22)14-6-8-15(9-7-14)32(2)3/h6-11,13,17-18,21,23-24,34,40H,12H2,1-5H3,(H2,31,39)/t13-,17-,18+,21?,23?,24+,30+/m1/s1. The van der Waals surface area contributed by atoms with Crippen molar-refractivity contribution in [2.24, 2.45) is 29.4 Å². The fourth-order valence-corrected chi connectivity index (χ4v) is 7.18. The van der Waals surface area contributed by atoms with Gasteiger partial charge in [0.05, 0.1) is 17.5 Å². The molecule has 0 heterocycles. The number of carbonyl (C=O) groups excluding carboxylic acids is 5. The first-order valence-corrected chi connectivity index (χ1v) is 13.2. The van der Waals surface area contributed by atoms with E-state index in [4.69, 9.17) is 5.73 Å². The number of fused-ring (bicyclic) bond motifs is 3. The average molecular weight is 548 g/mol. The van der Waals surface area contributed by atoms with Crippen LogP contribution in [-0.4, -0.2) is 84.0 Å². The molecule has 0 aromatic heterocycles. The minimum atomic E-state index is -2.74. The van der Waals surface area contributed by atoms with Gasteiger partial charge in [0.1, 0.15) is 5.75 Å². The van der Waals surface area contributed by atoms with E-state index in [0.717, 1.165) is 16.8 Å². The Morgan fingerprint density at radius 2 is 1.60 bits per heavy atom. The van der Waals surface area contributed by atoms with Crippen molar-refractivity contribution in [1.82, 2.24) is 4.90 Å². The number of rotatable bonds is 4. The van der Waals surface area contributed by atoms with Crippen LogP contribution < -0.4 is 10.6 Å². The maximum atomic E-state index is 14.0. The van der Waals surface area contributed by atoms with Crippen molar-refractivity contribution in [3.05, 3.63) is 47.5 Å². The van der Waals surface area contributed by atoms with E-state index in [0.29, 0.717) is 5.56 Å². The quantitative estimate of drug-likeness (QED) is 0.478. The number of hydrogen-bond donors (Lipinski definition) is 3. The van der Waals surface area contributed by atoms with Gasteiger partial charge in [0.25, 0.3) is 0 Å². The van der Waals surface area contributed by atoms with Gasteiger partial charge in [0.15, 0.2) is 34.7 Å². The van der Waals surface area contributed by atoms with E-state index in [1.165, 1.54) is 11.0 Å². The first kappa shape index (κ1) is 27.7. The zero-order valence-corrected chi connectivity index (χ0v) is 23.0. The third kappa shape index (κ3) is 3.66. The van der Waals surface area contributed by atoms with Crippen LogP contribution in [0.3, 0.4) is 0 Å². The van der Waals surface area contributed by atoms with Crippen LogP contribution >= 0.6 is 0 Å². The predicted octanol–water partition coefficient (Wildman–Crippen LogP) is 1.16. The lowest BCUT2D eigenvalue weighted by atomic mass is 9.50. The molecule has 0 saturated heterocycles. The smallest absolute Gasteiger partial charge is 0.235 e. The number of amides is 1. The van der Waals surface area contributed by atoms with E-state index in [1.807, 2.05) is 50.2 Å². The molecule has 2 aromatic rings. The molecule has 0 aliphatic heterocycles. The third-order valence-electron chi connectivity index (χ3n) is 9.13. The van der Waals surface area contributed by atoms with Crippen LogP contribution in [0, 0.1) is 23.7 Å². The van der Waals surface area contributed by atoms with Crippen molar-refractivity contribution in [2.45, 2.75) is 30.9 Å². The highest BCUT2D eigenvalue weighted by atomic mass is 16.3. The van der Waals surface area contributed by atoms with Crippen molar-refractivity contribution in [1.29, 1.82) is 0 Å². The lowest BCUT2D eigenvalue weighted by Crippen LogP contribution is -2.74. The number of aromatic hydroxyl groups is 1. The molecule has 0 radical (unpaired) electrons. The Balaban J connectivity index is 1.67. The molecule has 7 atom stereocenters. The average Bonchev–Trinajstić information content (AvgIpc) is 2.88. The largest absolute Gasteiger partial charge is 0.507 e. The molecule has 5 rings (SSSR count). The Hall–Kier alpha value is -3.89. The topological polar surface area (TPSA) is 158 Å². The van der Waals surface area contributed by atoms with Gasteiger partial charge in [-0.05, 0) is 67.2 Å². The van der Waals surface area contributed by atoms with E-state index in [9.17, 15) is 34.2 Å². The summed E-state index contributed by atoms with van der Waals surface area (Å²) in [5, 5.41) is 22.6. The minimum Gasteiger partial charge on any atom is -0.507 e. The number of nitrogens with zero attached hydrogens (tertiary/aromatic N) is 2. The number of primary amides is 1. The van der Waals surface area contributed by atoms with Crippen LogP contribution in [0.4, 0.5) is 5.69 Å². The van der Waals surface area contributed by atoms with Crippen molar-refractivity contribution in [3.8, 4) is 16.9 Å². The SMILES string of the molecule is C[C@H]1c2c(-c3ccc(N(C)C)cc3)ccc(O)c2C(=O)C2C(=O)[C@]3(O)C(=O)C(C(N)=O)C(=O)[C@@H](N(C)C)[C@@H]3C[C@@H]21. The van der Waals surface area contributed by atoms with E-state index >= 15 is 0 Å². The molecule has 10 nitrogen and oxygen atoms in total. The van der Waals surface area contributed by atoms with Gasteiger partial charge >= 0.3 is 0 Å². The van der Waals surface area contributed by atoms with Crippen LogP contribution in [0.1, 0.15) is 35.2 Å². The lowest BCUT2D eigenvalue weighted by molar-refractivity contribution is -0.181. The molecule has 2 aromatic carbocycles. The van der Waals surface area contributed by atoms with Gasteiger partial charge in [-0.1, -0.05) is 25.1 Å². The Morgan fingerprint density at radius 1 is 0.975 bits per heavy atom. The fourth-order valence-electron chi connectivity index (χ4n) is 7.18. The van der Waals surface area contributed by atoms with Gasteiger partial charge in [0, 0.05) is 25.7 Å². The first-order valence-electron chi connectivity index (χ1n) is 13.2. The number of ketones is 4. The molecule has 0 bridgehead atoms. The third-order valence-corrected chi connectivity index (χ3v) is 9.13. The number of phenols is 1. The van der Waals surface area contributed by atoms with Crippen molar-refractivity contribution in [3.63, 3.8) is 0 Å². The number of phenolic OH excluding ortho intramolecular Hbond substituents is 1. The summed E-state index contributed by atoms with van der Waals surface area (Å²) in [7, 11) is 6.97. The molecule has 40 heavy (non-hydrogen) atoms. The predicted molar refractivity (Wildman–Crippen MR) is 146 cm³/mol. The molecule has 2 saturated carbocycles. The molecule has 3 aliphatic rings. The summed E-state index contributed by atoms with van der Waals surface area (Å²) < 4.78 is 0. The Kier molecular flexibility index (Phi) is 6.47. The Labute approximate surface area is 231 Å². The molecule has 2 fully saturated rings. The van der Waals surface area contributed by atoms with Crippen LogP contribution in [0.15, 0.2) is 36.4 Å². The summed E-state index contributed by atoms with van der Waals surface area (Å²) in [5.41, 5.74) is 5.70. The summed E-state index contributed by atoms with van der Waals surface area (Å²) >= 11 is 0. The second-order valence-corrected chi connectivity index (χ2v) is 11.6. The Morgan fingerprint density at radius 3 is 2.15 bits per heavy atom. The van der Waals surface area contributed by atoms with Gasteiger partial charge in [-0.3, -0.25) is 28.9 Å². The van der Waals surface area contributed by atoms with Crippen LogP contribution in [0.25, 0.3) is 11.1 Å². The number of carbonyl (C=O) groups is 5. The molecule has 10 heteroatoms. The van der Waals surface area contributed by atoms with Gasteiger partial charge < -0.3 is 20.8 Å². The lowest BCUT2D eigenvalue weighted by Gasteiger charge is -2.53. The van der Waals surface area contributed by atoms with Crippen molar-refractivity contribution >= 4 is 34.7 Å². The summed E-state index contributed by atoms with van der Waals surface area (Å²) in [5.74, 6) is -11.1. The number of likely N-dealkylation sites (N-methyl/N-ethyl adjacent to an activating group) is 1. The summed E-state index contributed by atoms with van der Waals surface area (Å²) in [6.07, 6.45) is -0.000272. The van der Waals surface area contributed by atoms with Crippen LogP contribution in [0.2, 0.25) is 0 Å². The van der Waals surface area contributed by atoms with Crippen LogP contribution in [-0.2, 0) is 19.2 Å². The van der Waals surface area contributed by atoms with E-state index in [1.54, 1.807) is 20.2 Å². The summed E-state index contributed by atoms with van der Waals surface area (Å²) in [6, 6.07) is 9.70. The van der Waals surface area contributed by atoms with Gasteiger partial charge in [-0.2, -0.15) is 0 Å². The maximum Gasteiger partial charge on any atom is 0.235 e. The number of benzene rings is 2. The first-order chi connectivity index (χ1) is 18.7. The maximum absolute atomic E-state index is 14.0. The summed E-state index contributed by atoms with van der Waals surface area (Å²) in [6.45, 7) is 1.85.